The van der Waals surface area contributed by atoms with Crippen LogP contribution in [0.15, 0.2) is 16.4 Å². The Morgan fingerprint density at radius 2 is 2.45 bits per heavy atom. The van der Waals surface area contributed by atoms with E-state index in [0.29, 0.717) is 0 Å². The van der Waals surface area contributed by atoms with Gasteiger partial charge in [-0.05, 0) is 17.9 Å². The molecule has 4 heteroatoms. The van der Waals surface area contributed by atoms with E-state index < -0.39 is 0 Å². The normalized spacial score (nSPS) is 10.6. The topological polar surface area (TPSA) is 45.8 Å². The molecule has 0 radical (unpaired) electrons. The lowest BCUT2D eigenvalue weighted by atomic mass is 10.3. The zero-order valence-corrected chi connectivity index (χ0v) is 6.73. The van der Waals surface area contributed by atoms with Crippen molar-refractivity contribution in [2.75, 3.05) is 0 Å². The van der Waals surface area contributed by atoms with Crippen LogP contribution in [-0.2, 0) is 0 Å². The van der Waals surface area contributed by atoms with Crippen LogP contribution in [0.2, 0.25) is 0 Å². The first-order valence-electron chi connectivity index (χ1n) is 3.20. The Balaban J connectivity index is 3.06. The van der Waals surface area contributed by atoms with Crippen LogP contribution in [0, 0.1) is 6.92 Å². The summed E-state index contributed by atoms with van der Waals surface area (Å²) in [5, 5.41) is 8.46. The van der Waals surface area contributed by atoms with Gasteiger partial charge >= 0.3 is 0 Å². The molecule has 0 aliphatic rings. The SMILES string of the molecule is Cc1csc2c(=O)cn[nH]c12. The third kappa shape index (κ3) is 0.867. The predicted octanol–water partition coefficient (Wildman–Crippen LogP) is 1.29. The monoisotopic (exact) mass is 166 g/mol. The van der Waals surface area contributed by atoms with Gasteiger partial charge < -0.3 is 0 Å². The van der Waals surface area contributed by atoms with E-state index in [1.807, 2.05) is 12.3 Å². The molecule has 0 fully saturated rings. The van der Waals surface area contributed by atoms with Crippen LogP contribution >= 0.6 is 11.3 Å². The summed E-state index contributed by atoms with van der Waals surface area (Å²) >= 11 is 1.46. The summed E-state index contributed by atoms with van der Waals surface area (Å²) in [6.45, 7) is 1.95. The Bertz CT molecular complexity index is 443. The Labute approximate surface area is 66.7 Å². The lowest BCUT2D eigenvalue weighted by Crippen LogP contribution is -1.99. The number of H-pyrrole nitrogens is 1. The van der Waals surface area contributed by atoms with Gasteiger partial charge in [-0.3, -0.25) is 9.89 Å². The highest BCUT2D eigenvalue weighted by molar-refractivity contribution is 7.17. The molecule has 2 heterocycles. The van der Waals surface area contributed by atoms with Crippen LogP contribution in [0.3, 0.4) is 0 Å². The van der Waals surface area contributed by atoms with E-state index >= 15 is 0 Å². The molecule has 56 valence electrons. The minimum atomic E-state index is -0.00292. The Hall–Kier alpha value is -1.16. The largest absolute Gasteiger partial charge is 0.286 e. The molecular weight excluding hydrogens is 160 g/mol. The first kappa shape index (κ1) is 6.54. The van der Waals surface area contributed by atoms with E-state index in [1.54, 1.807) is 0 Å². The van der Waals surface area contributed by atoms with Gasteiger partial charge in [-0.2, -0.15) is 5.10 Å². The number of nitrogens with one attached hydrogen (secondary N) is 1. The number of rotatable bonds is 0. The fourth-order valence-electron chi connectivity index (χ4n) is 0.979. The minimum Gasteiger partial charge on any atom is -0.286 e. The first-order valence-corrected chi connectivity index (χ1v) is 4.08. The molecule has 0 bridgehead atoms. The molecule has 2 aromatic rings. The molecule has 0 unspecified atom stereocenters. The summed E-state index contributed by atoms with van der Waals surface area (Å²) in [6, 6.07) is 0. The van der Waals surface area contributed by atoms with Gasteiger partial charge in [0.1, 0.15) is 4.70 Å². The number of aromatic amines is 1. The molecule has 2 rings (SSSR count). The van der Waals surface area contributed by atoms with Crippen molar-refractivity contribution in [3.8, 4) is 0 Å². The summed E-state index contributed by atoms with van der Waals surface area (Å²) in [5.74, 6) is 0. The lowest BCUT2D eigenvalue weighted by molar-refractivity contribution is 1.06. The van der Waals surface area contributed by atoms with Gasteiger partial charge in [-0.15, -0.1) is 11.3 Å². The maximum absolute atomic E-state index is 11.1. The van der Waals surface area contributed by atoms with E-state index in [1.165, 1.54) is 17.5 Å². The molecule has 1 N–H and O–H groups in total. The second-order valence-electron chi connectivity index (χ2n) is 2.36. The first-order chi connectivity index (χ1) is 5.29. The molecule has 0 saturated carbocycles. The average molecular weight is 166 g/mol. The van der Waals surface area contributed by atoms with Crippen molar-refractivity contribution in [1.82, 2.24) is 10.2 Å². The fourth-order valence-corrected chi connectivity index (χ4v) is 1.88. The quantitative estimate of drug-likeness (QED) is 0.641. The van der Waals surface area contributed by atoms with Crippen LogP contribution in [0.1, 0.15) is 5.56 Å². The molecule has 11 heavy (non-hydrogen) atoms. The number of aryl methyl sites for hydroxylation is 1. The van der Waals surface area contributed by atoms with Gasteiger partial charge in [0.05, 0.1) is 11.7 Å². The van der Waals surface area contributed by atoms with Gasteiger partial charge in [0.2, 0.25) is 5.43 Å². The van der Waals surface area contributed by atoms with E-state index in [2.05, 4.69) is 10.2 Å². The Morgan fingerprint density at radius 3 is 3.18 bits per heavy atom. The highest BCUT2D eigenvalue weighted by Crippen LogP contribution is 2.18. The molecule has 3 nitrogen and oxygen atoms in total. The molecule has 0 aliphatic heterocycles. The molecule has 0 atom stereocenters. The molecule has 0 spiro atoms. The third-order valence-corrected chi connectivity index (χ3v) is 2.67. The number of nitrogens with zero attached hydrogens (tertiary/aromatic N) is 1. The molecule has 0 saturated heterocycles. The van der Waals surface area contributed by atoms with Crippen molar-refractivity contribution in [1.29, 1.82) is 0 Å². The smallest absolute Gasteiger partial charge is 0.217 e. The molecule has 0 aliphatic carbocycles. The summed E-state index contributed by atoms with van der Waals surface area (Å²) in [7, 11) is 0. The average Bonchev–Trinajstić information content (AvgIpc) is 2.35. The minimum absolute atomic E-state index is 0.00292. The Kier molecular flexibility index (Phi) is 1.29. The van der Waals surface area contributed by atoms with Gasteiger partial charge in [-0.25, -0.2) is 0 Å². The highest BCUT2D eigenvalue weighted by Gasteiger charge is 2.02. The van der Waals surface area contributed by atoms with Crippen molar-refractivity contribution in [3.05, 3.63) is 27.4 Å². The number of hydrogen-bond acceptors (Lipinski definition) is 3. The van der Waals surface area contributed by atoms with E-state index in [-0.39, 0.29) is 5.43 Å². The van der Waals surface area contributed by atoms with Crippen molar-refractivity contribution in [2.24, 2.45) is 0 Å². The Morgan fingerprint density at radius 1 is 1.64 bits per heavy atom. The van der Waals surface area contributed by atoms with Crippen molar-refractivity contribution < 1.29 is 0 Å². The second kappa shape index (κ2) is 2.17. The van der Waals surface area contributed by atoms with Gasteiger partial charge in [0.25, 0.3) is 0 Å². The zero-order chi connectivity index (χ0) is 7.84. The van der Waals surface area contributed by atoms with Crippen molar-refractivity contribution >= 4 is 21.6 Å². The number of thiophene rings is 1. The van der Waals surface area contributed by atoms with Crippen LogP contribution in [0.25, 0.3) is 10.2 Å². The third-order valence-electron chi connectivity index (χ3n) is 1.56. The summed E-state index contributed by atoms with van der Waals surface area (Å²) in [5.41, 5.74) is 1.94. The number of aromatic nitrogens is 2. The van der Waals surface area contributed by atoms with Crippen LogP contribution in [0.5, 0.6) is 0 Å². The summed E-state index contributed by atoms with van der Waals surface area (Å²) < 4.78 is 0.762. The number of fused-ring (bicyclic) bond motifs is 1. The molecule has 2 aromatic heterocycles. The lowest BCUT2D eigenvalue weighted by Gasteiger charge is -1.87. The summed E-state index contributed by atoms with van der Waals surface area (Å²) in [4.78, 5) is 11.1. The van der Waals surface area contributed by atoms with E-state index in [4.69, 9.17) is 0 Å². The van der Waals surface area contributed by atoms with Crippen LogP contribution in [0.4, 0.5) is 0 Å². The van der Waals surface area contributed by atoms with Crippen molar-refractivity contribution in [2.45, 2.75) is 6.92 Å². The van der Waals surface area contributed by atoms with Gasteiger partial charge in [-0.1, -0.05) is 0 Å². The van der Waals surface area contributed by atoms with Crippen LogP contribution < -0.4 is 5.43 Å². The fraction of sp³-hybridized carbons (Fsp3) is 0.143. The van der Waals surface area contributed by atoms with Gasteiger partial charge in [0, 0.05) is 0 Å². The maximum Gasteiger partial charge on any atom is 0.217 e. The molecule has 0 amide bonds. The summed E-state index contributed by atoms with van der Waals surface area (Å²) in [6.07, 6.45) is 1.30. The standard InChI is InChI=1S/C7H6N2OS/c1-4-3-11-7-5(10)2-8-9-6(4)7/h2-3H,1H3,(H,9,10). The highest BCUT2D eigenvalue weighted by atomic mass is 32.1. The van der Waals surface area contributed by atoms with Gasteiger partial charge in [0.15, 0.2) is 0 Å². The van der Waals surface area contributed by atoms with Crippen LogP contribution in [-0.4, -0.2) is 10.2 Å². The molecule has 0 aromatic carbocycles. The zero-order valence-electron chi connectivity index (χ0n) is 5.92. The second-order valence-corrected chi connectivity index (χ2v) is 3.24. The molecular formula is C7H6N2OS. The maximum atomic E-state index is 11.1. The van der Waals surface area contributed by atoms with E-state index in [0.717, 1.165) is 15.8 Å². The number of hydrogen-bond donors (Lipinski definition) is 1. The van der Waals surface area contributed by atoms with Crippen molar-refractivity contribution in [3.63, 3.8) is 0 Å². The van der Waals surface area contributed by atoms with E-state index in [9.17, 15) is 4.79 Å². The predicted molar refractivity (Wildman–Crippen MR) is 45.0 cm³/mol.